The first-order chi connectivity index (χ1) is 14.2. The topological polar surface area (TPSA) is 65.4 Å². The standard InChI is InChI=1S/C23H27N3O3/c1-4-5-6-14-24-23(27)22-16-21(17-8-7-9-20(15-17)29-3)25-26(22)18-10-12-19(28-2)13-11-18/h7-13,15-16H,4-6,14H2,1-3H3,(H,24,27). The molecule has 3 aromatic rings. The van der Waals surface area contributed by atoms with Crippen molar-refractivity contribution in [2.45, 2.75) is 26.2 Å². The highest BCUT2D eigenvalue weighted by atomic mass is 16.5. The minimum absolute atomic E-state index is 0.140. The SMILES string of the molecule is CCCCCNC(=O)c1cc(-c2cccc(OC)c2)nn1-c1ccc(OC)cc1. The number of carbonyl (C=O) groups is 1. The van der Waals surface area contributed by atoms with Crippen molar-refractivity contribution >= 4 is 5.91 Å². The van der Waals surface area contributed by atoms with Gasteiger partial charge in [-0.15, -0.1) is 0 Å². The van der Waals surface area contributed by atoms with Crippen LogP contribution < -0.4 is 14.8 Å². The molecule has 1 N–H and O–H groups in total. The van der Waals surface area contributed by atoms with Crippen molar-refractivity contribution in [1.29, 1.82) is 0 Å². The van der Waals surface area contributed by atoms with E-state index in [0.717, 1.165) is 42.0 Å². The van der Waals surface area contributed by atoms with E-state index in [4.69, 9.17) is 14.6 Å². The molecule has 6 nitrogen and oxygen atoms in total. The molecule has 0 bridgehead atoms. The van der Waals surface area contributed by atoms with Crippen LogP contribution in [0.4, 0.5) is 0 Å². The van der Waals surface area contributed by atoms with Crippen LogP contribution in [-0.2, 0) is 0 Å². The second-order valence-electron chi connectivity index (χ2n) is 6.72. The van der Waals surface area contributed by atoms with E-state index in [0.29, 0.717) is 17.9 Å². The van der Waals surface area contributed by atoms with Gasteiger partial charge in [-0.3, -0.25) is 4.79 Å². The zero-order valence-corrected chi connectivity index (χ0v) is 17.1. The van der Waals surface area contributed by atoms with Gasteiger partial charge in [-0.05, 0) is 48.9 Å². The number of rotatable bonds is 9. The van der Waals surface area contributed by atoms with E-state index in [1.807, 2.05) is 54.6 Å². The van der Waals surface area contributed by atoms with Crippen molar-refractivity contribution < 1.29 is 14.3 Å². The smallest absolute Gasteiger partial charge is 0.270 e. The quantitative estimate of drug-likeness (QED) is 0.545. The van der Waals surface area contributed by atoms with Crippen molar-refractivity contribution in [1.82, 2.24) is 15.1 Å². The summed E-state index contributed by atoms with van der Waals surface area (Å²) < 4.78 is 12.2. The molecule has 1 amide bonds. The van der Waals surface area contributed by atoms with Crippen LogP contribution >= 0.6 is 0 Å². The minimum atomic E-state index is -0.140. The zero-order chi connectivity index (χ0) is 20.6. The van der Waals surface area contributed by atoms with E-state index in [9.17, 15) is 4.79 Å². The molecule has 2 aromatic carbocycles. The van der Waals surface area contributed by atoms with E-state index in [2.05, 4.69) is 12.2 Å². The highest BCUT2D eigenvalue weighted by molar-refractivity contribution is 5.94. The first-order valence-corrected chi connectivity index (χ1v) is 9.83. The number of carbonyl (C=O) groups excluding carboxylic acids is 1. The Hall–Kier alpha value is -3.28. The lowest BCUT2D eigenvalue weighted by atomic mass is 10.1. The van der Waals surface area contributed by atoms with Crippen LogP contribution in [0.15, 0.2) is 54.6 Å². The molecule has 29 heavy (non-hydrogen) atoms. The number of hydrogen-bond donors (Lipinski definition) is 1. The molecule has 0 atom stereocenters. The average molecular weight is 393 g/mol. The molecule has 3 rings (SSSR count). The lowest BCUT2D eigenvalue weighted by Crippen LogP contribution is -2.26. The summed E-state index contributed by atoms with van der Waals surface area (Å²) in [4.78, 5) is 12.9. The summed E-state index contributed by atoms with van der Waals surface area (Å²) in [6, 6.07) is 16.9. The fraction of sp³-hybridized carbons (Fsp3) is 0.304. The fourth-order valence-electron chi connectivity index (χ4n) is 3.05. The zero-order valence-electron chi connectivity index (χ0n) is 17.1. The Bertz CT molecular complexity index is 948. The van der Waals surface area contributed by atoms with Crippen molar-refractivity contribution in [3.05, 3.63) is 60.3 Å². The highest BCUT2D eigenvalue weighted by Gasteiger charge is 2.18. The Morgan fingerprint density at radius 1 is 1.00 bits per heavy atom. The number of unbranched alkanes of at least 4 members (excludes halogenated alkanes) is 2. The van der Waals surface area contributed by atoms with Crippen LogP contribution in [0.5, 0.6) is 11.5 Å². The van der Waals surface area contributed by atoms with Gasteiger partial charge in [-0.1, -0.05) is 31.9 Å². The van der Waals surface area contributed by atoms with Gasteiger partial charge in [0.05, 0.1) is 25.6 Å². The first-order valence-electron chi connectivity index (χ1n) is 9.83. The molecule has 1 heterocycles. The third-order valence-corrected chi connectivity index (χ3v) is 4.69. The second kappa shape index (κ2) is 9.78. The maximum atomic E-state index is 12.9. The molecule has 152 valence electrons. The van der Waals surface area contributed by atoms with Gasteiger partial charge in [0.25, 0.3) is 5.91 Å². The Labute approximate surface area is 171 Å². The maximum Gasteiger partial charge on any atom is 0.270 e. The second-order valence-corrected chi connectivity index (χ2v) is 6.72. The van der Waals surface area contributed by atoms with Gasteiger partial charge < -0.3 is 14.8 Å². The van der Waals surface area contributed by atoms with Gasteiger partial charge in [0.15, 0.2) is 0 Å². The van der Waals surface area contributed by atoms with E-state index in [-0.39, 0.29) is 5.91 Å². The molecule has 0 aliphatic rings. The summed E-state index contributed by atoms with van der Waals surface area (Å²) in [5.74, 6) is 1.35. The minimum Gasteiger partial charge on any atom is -0.497 e. The highest BCUT2D eigenvalue weighted by Crippen LogP contribution is 2.26. The molecule has 1 aromatic heterocycles. The van der Waals surface area contributed by atoms with E-state index in [1.54, 1.807) is 18.9 Å². The molecular weight excluding hydrogens is 366 g/mol. The van der Waals surface area contributed by atoms with Gasteiger partial charge >= 0.3 is 0 Å². The van der Waals surface area contributed by atoms with Gasteiger partial charge in [0, 0.05) is 12.1 Å². The first kappa shape index (κ1) is 20.5. The predicted molar refractivity (Wildman–Crippen MR) is 114 cm³/mol. The average Bonchev–Trinajstić information content (AvgIpc) is 3.22. The normalized spacial score (nSPS) is 10.6. The molecule has 0 fully saturated rings. The molecule has 0 unspecified atom stereocenters. The van der Waals surface area contributed by atoms with E-state index in [1.165, 1.54) is 0 Å². The summed E-state index contributed by atoms with van der Waals surface area (Å²) in [5.41, 5.74) is 2.87. The van der Waals surface area contributed by atoms with Crippen molar-refractivity contribution in [2.75, 3.05) is 20.8 Å². The third kappa shape index (κ3) is 4.96. The van der Waals surface area contributed by atoms with Crippen LogP contribution in [-0.4, -0.2) is 36.5 Å². The van der Waals surface area contributed by atoms with Crippen molar-refractivity contribution in [2.24, 2.45) is 0 Å². The third-order valence-electron chi connectivity index (χ3n) is 4.69. The van der Waals surface area contributed by atoms with Crippen LogP contribution in [0.25, 0.3) is 16.9 Å². The molecule has 0 radical (unpaired) electrons. The summed E-state index contributed by atoms with van der Waals surface area (Å²) in [5, 5.41) is 7.71. The molecule has 0 aliphatic carbocycles. The molecular formula is C23H27N3O3. The molecule has 0 saturated carbocycles. The number of benzene rings is 2. The number of amides is 1. The molecule has 0 aliphatic heterocycles. The lowest BCUT2D eigenvalue weighted by Gasteiger charge is -2.09. The van der Waals surface area contributed by atoms with Crippen LogP contribution in [0.2, 0.25) is 0 Å². The van der Waals surface area contributed by atoms with Gasteiger partial charge in [-0.25, -0.2) is 4.68 Å². The summed E-state index contributed by atoms with van der Waals surface area (Å²) >= 11 is 0. The van der Waals surface area contributed by atoms with Crippen molar-refractivity contribution in [3.63, 3.8) is 0 Å². The lowest BCUT2D eigenvalue weighted by molar-refractivity contribution is 0.0945. The number of aromatic nitrogens is 2. The molecule has 0 saturated heterocycles. The van der Waals surface area contributed by atoms with Gasteiger partial charge in [-0.2, -0.15) is 5.10 Å². The number of nitrogens with zero attached hydrogens (tertiary/aromatic N) is 2. The summed E-state index contributed by atoms with van der Waals surface area (Å²) in [7, 11) is 3.25. The molecule has 6 heteroatoms. The number of methoxy groups -OCH3 is 2. The van der Waals surface area contributed by atoms with Crippen LogP contribution in [0.3, 0.4) is 0 Å². The summed E-state index contributed by atoms with van der Waals surface area (Å²) in [6.07, 6.45) is 3.16. The Morgan fingerprint density at radius 2 is 1.76 bits per heavy atom. The number of ether oxygens (including phenoxy) is 2. The number of hydrogen-bond acceptors (Lipinski definition) is 4. The maximum absolute atomic E-state index is 12.9. The Kier molecular flexibility index (Phi) is 6.89. The Morgan fingerprint density at radius 3 is 2.45 bits per heavy atom. The Balaban J connectivity index is 1.96. The van der Waals surface area contributed by atoms with E-state index < -0.39 is 0 Å². The monoisotopic (exact) mass is 393 g/mol. The van der Waals surface area contributed by atoms with E-state index >= 15 is 0 Å². The van der Waals surface area contributed by atoms with Crippen LogP contribution in [0.1, 0.15) is 36.7 Å². The summed E-state index contributed by atoms with van der Waals surface area (Å²) in [6.45, 7) is 2.79. The molecule has 0 spiro atoms. The van der Waals surface area contributed by atoms with Crippen LogP contribution in [0, 0.1) is 0 Å². The van der Waals surface area contributed by atoms with Gasteiger partial charge in [0.2, 0.25) is 0 Å². The van der Waals surface area contributed by atoms with Crippen molar-refractivity contribution in [3.8, 4) is 28.4 Å². The fourth-order valence-corrected chi connectivity index (χ4v) is 3.05. The van der Waals surface area contributed by atoms with Gasteiger partial charge in [0.1, 0.15) is 17.2 Å². The number of nitrogens with one attached hydrogen (secondary N) is 1. The predicted octanol–water partition coefficient (Wildman–Crippen LogP) is 4.48. The largest absolute Gasteiger partial charge is 0.497 e.